The molecule has 188 valence electrons. The number of nitrogens with one attached hydrogen (secondary N) is 1. The van der Waals surface area contributed by atoms with Crippen LogP contribution in [0.3, 0.4) is 0 Å². The molecule has 1 heterocycles. The van der Waals surface area contributed by atoms with Gasteiger partial charge in [-0.15, -0.1) is 0 Å². The maximum Gasteiger partial charge on any atom is 0.405 e. The molecule has 3 aromatic rings. The Morgan fingerprint density at radius 1 is 1.17 bits per heavy atom. The van der Waals surface area contributed by atoms with Crippen molar-refractivity contribution in [2.75, 3.05) is 26.1 Å². The van der Waals surface area contributed by atoms with Gasteiger partial charge < -0.3 is 14.8 Å². The van der Waals surface area contributed by atoms with Crippen molar-refractivity contribution in [2.24, 2.45) is 5.14 Å². The number of rotatable bonds is 9. The standard InChI is InChI=1S/C20H20F3N5O6S/c1-33-16-4-3-12(17(8-16)34-2)5-13-6-15(28(29)30)7-18(35(24,31)32)19(13)27-10-14(9-26-27)25-11-20(21,22)23/h3-4,6-10,25H,5,11H2,1-2H3,(H2,24,31,32). The van der Waals surface area contributed by atoms with Crippen LogP contribution >= 0.6 is 0 Å². The van der Waals surface area contributed by atoms with Gasteiger partial charge in [0.15, 0.2) is 0 Å². The molecule has 0 fully saturated rings. The minimum absolute atomic E-state index is 0.0611. The highest BCUT2D eigenvalue weighted by Crippen LogP contribution is 2.34. The number of non-ortho nitro benzene ring substituents is 1. The summed E-state index contributed by atoms with van der Waals surface area (Å²) in [5, 5.41) is 22.9. The van der Waals surface area contributed by atoms with Crippen LogP contribution < -0.4 is 19.9 Å². The number of ether oxygens (including phenoxy) is 2. The van der Waals surface area contributed by atoms with Crippen molar-refractivity contribution >= 4 is 21.4 Å². The number of sulfonamides is 1. The van der Waals surface area contributed by atoms with Crippen LogP contribution in [-0.2, 0) is 16.4 Å². The summed E-state index contributed by atoms with van der Waals surface area (Å²) in [5.41, 5.74) is -0.150. The van der Waals surface area contributed by atoms with Crippen molar-refractivity contribution in [3.63, 3.8) is 0 Å². The van der Waals surface area contributed by atoms with Crippen LogP contribution in [0.2, 0.25) is 0 Å². The van der Waals surface area contributed by atoms with E-state index in [0.717, 1.165) is 29.2 Å². The number of halogens is 3. The van der Waals surface area contributed by atoms with Gasteiger partial charge in [0.25, 0.3) is 5.69 Å². The average molecular weight is 515 g/mol. The number of hydrogen-bond donors (Lipinski definition) is 2. The fourth-order valence-electron chi connectivity index (χ4n) is 3.31. The van der Waals surface area contributed by atoms with Gasteiger partial charge in [-0.1, -0.05) is 6.07 Å². The number of anilines is 1. The lowest BCUT2D eigenvalue weighted by molar-refractivity contribution is -0.385. The monoisotopic (exact) mass is 515 g/mol. The van der Waals surface area contributed by atoms with Crippen LogP contribution in [0, 0.1) is 10.1 Å². The number of alkyl halides is 3. The van der Waals surface area contributed by atoms with E-state index < -0.39 is 38.3 Å². The van der Waals surface area contributed by atoms with Crippen molar-refractivity contribution in [3.8, 4) is 17.2 Å². The molecule has 0 amide bonds. The zero-order chi connectivity index (χ0) is 26.0. The number of nitro groups is 1. The van der Waals surface area contributed by atoms with Crippen LogP contribution in [0.25, 0.3) is 5.69 Å². The van der Waals surface area contributed by atoms with Gasteiger partial charge >= 0.3 is 6.18 Å². The number of aromatic nitrogens is 2. The maximum absolute atomic E-state index is 12.6. The van der Waals surface area contributed by atoms with Gasteiger partial charge in [-0.2, -0.15) is 18.3 Å². The number of methoxy groups -OCH3 is 2. The third-order valence-electron chi connectivity index (χ3n) is 4.84. The number of nitrogens with two attached hydrogens (primary N) is 1. The fraction of sp³-hybridized carbons (Fsp3) is 0.250. The predicted molar refractivity (Wildman–Crippen MR) is 118 cm³/mol. The molecule has 3 N–H and O–H groups in total. The Balaban J connectivity index is 2.20. The van der Waals surface area contributed by atoms with Crippen molar-refractivity contribution in [1.82, 2.24) is 9.78 Å². The van der Waals surface area contributed by atoms with Crippen LogP contribution in [-0.4, -0.2) is 50.1 Å². The summed E-state index contributed by atoms with van der Waals surface area (Å²) in [7, 11) is -1.67. The number of primary sulfonamides is 1. The normalized spacial score (nSPS) is 11.8. The number of hydrogen-bond acceptors (Lipinski definition) is 8. The summed E-state index contributed by atoms with van der Waals surface area (Å²) in [5.74, 6) is 0.828. The first kappa shape index (κ1) is 25.8. The molecule has 0 aliphatic rings. The second-order valence-corrected chi connectivity index (χ2v) is 8.78. The molecule has 0 saturated heterocycles. The van der Waals surface area contributed by atoms with E-state index in [1.54, 1.807) is 18.2 Å². The molecule has 35 heavy (non-hydrogen) atoms. The molecule has 3 rings (SSSR count). The van der Waals surface area contributed by atoms with Crippen molar-refractivity contribution < 1.29 is 36.0 Å². The van der Waals surface area contributed by atoms with Crippen LogP contribution in [0.1, 0.15) is 11.1 Å². The van der Waals surface area contributed by atoms with Gasteiger partial charge in [-0.05, 0) is 17.2 Å². The second kappa shape index (κ2) is 9.79. The van der Waals surface area contributed by atoms with E-state index in [1.165, 1.54) is 14.2 Å². The zero-order valence-electron chi connectivity index (χ0n) is 18.4. The Morgan fingerprint density at radius 2 is 1.89 bits per heavy atom. The Hall–Kier alpha value is -3.85. The maximum atomic E-state index is 12.6. The molecule has 0 radical (unpaired) electrons. The molecule has 0 aliphatic heterocycles. The molecule has 0 atom stereocenters. The Kier molecular flexibility index (Phi) is 7.21. The van der Waals surface area contributed by atoms with Crippen LogP contribution in [0.15, 0.2) is 47.6 Å². The molecule has 11 nitrogen and oxygen atoms in total. The average Bonchev–Trinajstić information content (AvgIpc) is 3.25. The molecule has 1 aromatic heterocycles. The zero-order valence-corrected chi connectivity index (χ0v) is 19.2. The van der Waals surface area contributed by atoms with E-state index in [4.69, 9.17) is 14.6 Å². The molecule has 2 aromatic carbocycles. The van der Waals surface area contributed by atoms with Crippen LogP contribution in [0.5, 0.6) is 11.5 Å². The molecule has 0 bridgehead atoms. The lowest BCUT2D eigenvalue weighted by Gasteiger charge is -2.16. The van der Waals surface area contributed by atoms with Gasteiger partial charge in [0, 0.05) is 24.6 Å². The van der Waals surface area contributed by atoms with Crippen molar-refractivity contribution in [1.29, 1.82) is 0 Å². The predicted octanol–water partition coefficient (Wildman–Crippen LogP) is 3.01. The smallest absolute Gasteiger partial charge is 0.405 e. The third-order valence-corrected chi connectivity index (χ3v) is 5.76. The molecule has 0 unspecified atom stereocenters. The first-order valence-corrected chi connectivity index (χ1v) is 11.3. The summed E-state index contributed by atoms with van der Waals surface area (Å²) >= 11 is 0. The number of nitrogens with zero attached hydrogens (tertiary/aromatic N) is 3. The quantitative estimate of drug-likeness (QED) is 0.326. The Labute approximate surface area is 197 Å². The lowest BCUT2D eigenvalue weighted by atomic mass is 10.0. The fourth-order valence-corrected chi connectivity index (χ4v) is 4.09. The Morgan fingerprint density at radius 3 is 2.46 bits per heavy atom. The topological polar surface area (TPSA) is 152 Å². The molecular formula is C20H20F3N5O6S. The first-order valence-electron chi connectivity index (χ1n) is 9.73. The molecule has 0 saturated carbocycles. The third kappa shape index (κ3) is 6.19. The first-order chi connectivity index (χ1) is 16.3. The minimum Gasteiger partial charge on any atom is -0.497 e. The minimum atomic E-state index is -4.52. The van der Waals surface area contributed by atoms with Gasteiger partial charge in [-0.3, -0.25) is 10.1 Å². The van der Waals surface area contributed by atoms with Crippen molar-refractivity contribution in [2.45, 2.75) is 17.5 Å². The summed E-state index contributed by atoms with van der Waals surface area (Å²) in [6, 6.07) is 6.71. The van der Waals surface area contributed by atoms with E-state index in [0.29, 0.717) is 17.1 Å². The highest BCUT2D eigenvalue weighted by atomic mass is 32.2. The number of nitro benzene ring substituents is 1. The lowest BCUT2D eigenvalue weighted by Crippen LogP contribution is -2.21. The summed E-state index contributed by atoms with van der Waals surface area (Å²) < 4.78 is 74.0. The van der Waals surface area contributed by atoms with Crippen molar-refractivity contribution in [3.05, 3.63) is 64.0 Å². The largest absolute Gasteiger partial charge is 0.497 e. The van der Waals surface area contributed by atoms with E-state index in [1.807, 2.05) is 0 Å². The number of benzene rings is 2. The highest BCUT2D eigenvalue weighted by Gasteiger charge is 2.28. The van der Waals surface area contributed by atoms with Gasteiger partial charge in [0.05, 0.1) is 42.9 Å². The van der Waals surface area contributed by atoms with E-state index in [-0.39, 0.29) is 23.4 Å². The second-order valence-electron chi connectivity index (χ2n) is 7.25. The highest BCUT2D eigenvalue weighted by molar-refractivity contribution is 7.89. The Bertz CT molecular complexity index is 1360. The van der Waals surface area contributed by atoms with Gasteiger partial charge in [0.1, 0.15) is 22.9 Å². The SMILES string of the molecule is COc1ccc(Cc2cc([N+](=O)[O-])cc(S(N)(=O)=O)c2-n2cc(NCC(F)(F)F)cn2)c(OC)c1. The summed E-state index contributed by atoms with van der Waals surface area (Å²) in [4.78, 5) is 10.1. The van der Waals surface area contributed by atoms with Gasteiger partial charge in [-0.25, -0.2) is 18.2 Å². The van der Waals surface area contributed by atoms with Gasteiger partial charge in [0.2, 0.25) is 10.0 Å². The molecule has 15 heteroatoms. The summed E-state index contributed by atoms with van der Waals surface area (Å²) in [6.07, 6.45) is -2.40. The van der Waals surface area contributed by atoms with E-state index >= 15 is 0 Å². The summed E-state index contributed by atoms with van der Waals surface area (Å²) in [6.45, 7) is -1.35. The van der Waals surface area contributed by atoms with Crippen LogP contribution in [0.4, 0.5) is 24.5 Å². The molecule has 0 aliphatic carbocycles. The molecule has 0 spiro atoms. The molecular weight excluding hydrogens is 495 g/mol. The van der Waals surface area contributed by atoms with E-state index in [2.05, 4.69) is 10.4 Å². The van der Waals surface area contributed by atoms with E-state index in [9.17, 15) is 31.7 Å².